The van der Waals surface area contributed by atoms with Crippen LogP contribution in [0.1, 0.15) is 43.6 Å². The fraction of sp³-hybridized carbons (Fsp3) is 0.450. The Labute approximate surface area is 157 Å². The van der Waals surface area contributed by atoms with Crippen LogP contribution in [-0.2, 0) is 0 Å². The van der Waals surface area contributed by atoms with E-state index in [1.165, 1.54) is 18.2 Å². The minimum atomic E-state index is -0.332. The van der Waals surface area contributed by atoms with Gasteiger partial charge in [0.15, 0.2) is 0 Å². The molecule has 0 saturated carbocycles. The zero-order chi connectivity index (χ0) is 19.2. The van der Waals surface area contributed by atoms with Gasteiger partial charge in [-0.3, -0.25) is 9.59 Å². The number of halogens is 1. The average Bonchev–Trinajstić information content (AvgIpc) is 3.14. The molecule has 1 amide bonds. The molecule has 2 aromatic rings. The molecule has 4 rings (SSSR count). The van der Waals surface area contributed by atoms with Gasteiger partial charge in [0, 0.05) is 30.4 Å². The average molecular weight is 370 g/mol. The van der Waals surface area contributed by atoms with E-state index in [0.717, 1.165) is 24.9 Å². The maximum absolute atomic E-state index is 13.8. The van der Waals surface area contributed by atoms with Crippen molar-refractivity contribution >= 4 is 11.6 Å². The van der Waals surface area contributed by atoms with Gasteiger partial charge >= 0.3 is 0 Å². The Morgan fingerprint density at radius 1 is 1.26 bits per heavy atom. The molecule has 7 heteroatoms. The number of hydrogen-bond donors (Lipinski definition) is 1. The number of benzene rings is 1. The Balaban J connectivity index is 1.66. The Kier molecular flexibility index (Phi) is 4.05. The van der Waals surface area contributed by atoms with Crippen molar-refractivity contribution in [3.63, 3.8) is 0 Å². The second-order valence-electron chi connectivity index (χ2n) is 8.15. The summed E-state index contributed by atoms with van der Waals surface area (Å²) in [6.07, 6.45) is 2.62. The van der Waals surface area contributed by atoms with Crippen molar-refractivity contribution in [3.8, 4) is 0 Å². The number of nitrogens with zero attached hydrogens (tertiary/aromatic N) is 3. The SMILES string of the molecule is CC1(C)CC2(CCCN2C(=O)c2ccc(=O)[nH]n2)CN1c1cccc(F)c1. The minimum Gasteiger partial charge on any atom is -0.364 e. The molecule has 0 radical (unpaired) electrons. The van der Waals surface area contributed by atoms with E-state index >= 15 is 0 Å². The van der Waals surface area contributed by atoms with Gasteiger partial charge in [0.05, 0.1) is 5.54 Å². The van der Waals surface area contributed by atoms with Crippen molar-refractivity contribution in [2.45, 2.75) is 44.2 Å². The van der Waals surface area contributed by atoms with E-state index in [4.69, 9.17) is 0 Å². The highest BCUT2D eigenvalue weighted by molar-refractivity contribution is 5.93. The topological polar surface area (TPSA) is 69.3 Å². The van der Waals surface area contributed by atoms with Gasteiger partial charge in [-0.25, -0.2) is 9.49 Å². The Hall–Kier alpha value is -2.70. The van der Waals surface area contributed by atoms with Gasteiger partial charge in [0.25, 0.3) is 11.5 Å². The van der Waals surface area contributed by atoms with Gasteiger partial charge in [-0.1, -0.05) is 6.07 Å². The molecule has 1 aromatic heterocycles. The van der Waals surface area contributed by atoms with Crippen LogP contribution in [0.3, 0.4) is 0 Å². The number of H-pyrrole nitrogens is 1. The lowest BCUT2D eigenvalue weighted by atomic mass is 9.87. The van der Waals surface area contributed by atoms with Crippen LogP contribution in [0, 0.1) is 5.82 Å². The lowest BCUT2D eigenvalue weighted by molar-refractivity contribution is 0.0610. The molecule has 6 nitrogen and oxygen atoms in total. The summed E-state index contributed by atoms with van der Waals surface area (Å²) < 4.78 is 13.8. The monoisotopic (exact) mass is 370 g/mol. The fourth-order valence-electron chi connectivity index (χ4n) is 4.76. The number of carbonyl (C=O) groups is 1. The molecular formula is C20H23FN4O2. The fourth-order valence-corrected chi connectivity index (χ4v) is 4.76. The summed E-state index contributed by atoms with van der Waals surface area (Å²) in [5.41, 5.74) is 0.220. The van der Waals surface area contributed by atoms with E-state index in [-0.39, 0.29) is 34.1 Å². The number of amides is 1. The predicted molar refractivity (Wildman–Crippen MR) is 100 cm³/mol. The van der Waals surface area contributed by atoms with Crippen molar-refractivity contribution < 1.29 is 9.18 Å². The molecule has 27 heavy (non-hydrogen) atoms. The first-order valence-corrected chi connectivity index (χ1v) is 9.22. The summed E-state index contributed by atoms with van der Waals surface area (Å²) in [5.74, 6) is -0.429. The number of hydrogen-bond acceptors (Lipinski definition) is 4. The second kappa shape index (κ2) is 6.18. The molecule has 0 aliphatic carbocycles. The normalized spacial score (nSPS) is 24.0. The Bertz CT molecular complexity index is 921. The van der Waals surface area contributed by atoms with Crippen LogP contribution in [0.4, 0.5) is 10.1 Å². The highest BCUT2D eigenvalue weighted by Gasteiger charge is 2.55. The lowest BCUT2D eigenvalue weighted by Crippen LogP contribution is -2.49. The molecule has 2 fully saturated rings. The molecular weight excluding hydrogens is 347 g/mol. The summed E-state index contributed by atoms with van der Waals surface area (Å²) in [4.78, 5) is 28.4. The molecule has 2 saturated heterocycles. The summed E-state index contributed by atoms with van der Waals surface area (Å²) in [5, 5.41) is 6.25. The third-order valence-corrected chi connectivity index (χ3v) is 5.80. The van der Waals surface area contributed by atoms with E-state index in [9.17, 15) is 14.0 Å². The highest BCUT2D eigenvalue weighted by atomic mass is 19.1. The molecule has 1 atom stereocenters. The van der Waals surface area contributed by atoms with Crippen molar-refractivity contribution in [1.82, 2.24) is 15.1 Å². The van der Waals surface area contributed by atoms with E-state index in [0.29, 0.717) is 13.1 Å². The summed E-state index contributed by atoms with van der Waals surface area (Å²) >= 11 is 0. The van der Waals surface area contributed by atoms with Crippen LogP contribution in [0.2, 0.25) is 0 Å². The van der Waals surface area contributed by atoms with Crippen LogP contribution in [0.25, 0.3) is 0 Å². The zero-order valence-electron chi connectivity index (χ0n) is 15.5. The van der Waals surface area contributed by atoms with Crippen LogP contribution in [0.15, 0.2) is 41.2 Å². The van der Waals surface area contributed by atoms with E-state index < -0.39 is 0 Å². The van der Waals surface area contributed by atoms with Crippen molar-refractivity contribution in [2.75, 3.05) is 18.0 Å². The largest absolute Gasteiger partial charge is 0.364 e. The van der Waals surface area contributed by atoms with Crippen molar-refractivity contribution in [1.29, 1.82) is 0 Å². The van der Waals surface area contributed by atoms with Gasteiger partial charge in [-0.15, -0.1) is 0 Å². The standard InChI is InChI=1S/C20H23FN4O2/c1-19(2)12-20(13-25(19)15-6-3-5-14(21)11-15)9-4-10-24(20)18(27)16-7-8-17(26)23-22-16/h3,5-8,11H,4,9-10,12-13H2,1-2H3,(H,23,26). The predicted octanol–water partition coefficient (Wildman–Crippen LogP) is 2.57. The first-order chi connectivity index (χ1) is 12.8. The van der Waals surface area contributed by atoms with Crippen LogP contribution >= 0.6 is 0 Å². The third-order valence-electron chi connectivity index (χ3n) is 5.80. The summed E-state index contributed by atoms with van der Waals surface area (Å²) in [6, 6.07) is 9.40. The van der Waals surface area contributed by atoms with Gasteiger partial charge in [-0.05, 0) is 57.4 Å². The van der Waals surface area contributed by atoms with Gasteiger partial charge in [-0.2, -0.15) is 5.10 Å². The molecule has 1 N–H and O–H groups in total. The third kappa shape index (κ3) is 3.01. The molecule has 2 aliphatic heterocycles. The van der Waals surface area contributed by atoms with Crippen molar-refractivity contribution in [2.24, 2.45) is 0 Å². The quantitative estimate of drug-likeness (QED) is 0.882. The second-order valence-corrected chi connectivity index (χ2v) is 8.15. The number of aromatic amines is 1. The number of rotatable bonds is 2. The molecule has 142 valence electrons. The van der Waals surface area contributed by atoms with E-state index in [1.54, 1.807) is 12.1 Å². The van der Waals surface area contributed by atoms with E-state index in [1.807, 2.05) is 11.0 Å². The maximum Gasteiger partial charge on any atom is 0.274 e. The molecule has 1 spiro atoms. The first kappa shape index (κ1) is 17.7. The smallest absolute Gasteiger partial charge is 0.274 e. The van der Waals surface area contributed by atoms with Crippen molar-refractivity contribution in [3.05, 3.63) is 58.3 Å². The molecule has 1 aromatic carbocycles. The number of nitrogens with one attached hydrogen (secondary N) is 1. The highest BCUT2D eigenvalue weighted by Crippen LogP contribution is 2.47. The Morgan fingerprint density at radius 2 is 2.07 bits per heavy atom. The lowest BCUT2D eigenvalue weighted by Gasteiger charge is -2.35. The van der Waals surface area contributed by atoms with Gasteiger partial charge in [0.2, 0.25) is 0 Å². The van der Waals surface area contributed by atoms with Gasteiger partial charge in [0.1, 0.15) is 11.5 Å². The number of aromatic nitrogens is 2. The molecule has 2 aliphatic rings. The zero-order valence-corrected chi connectivity index (χ0v) is 15.5. The van der Waals surface area contributed by atoms with E-state index in [2.05, 4.69) is 28.9 Å². The minimum absolute atomic E-state index is 0.166. The number of anilines is 1. The molecule has 1 unspecified atom stereocenters. The molecule has 3 heterocycles. The summed E-state index contributed by atoms with van der Waals surface area (Å²) in [7, 11) is 0. The number of carbonyl (C=O) groups excluding carboxylic acids is 1. The van der Waals surface area contributed by atoms with Crippen LogP contribution < -0.4 is 10.5 Å². The molecule has 0 bridgehead atoms. The Morgan fingerprint density at radius 3 is 2.78 bits per heavy atom. The number of likely N-dealkylation sites (tertiary alicyclic amines) is 1. The van der Waals surface area contributed by atoms with Crippen LogP contribution in [0.5, 0.6) is 0 Å². The van der Waals surface area contributed by atoms with Gasteiger partial charge < -0.3 is 9.80 Å². The summed E-state index contributed by atoms with van der Waals surface area (Å²) in [6.45, 7) is 5.57. The van der Waals surface area contributed by atoms with Crippen LogP contribution in [-0.4, -0.2) is 45.2 Å². The first-order valence-electron chi connectivity index (χ1n) is 9.22. The maximum atomic E-state index is 13.8.